The van der Waals surface area contributed by atoms with Crippen molar-refractivity contribution >= 4 is 16.0 Å². The molecule has 1 rings (SSSR count). The normalized spacial score (nSPS) is 13.2. The highest BCUT2D eigenvalue weighted by Crippen LogP contribution is 2.22. The number of ether oxygens (including phenoxy) is 1. The summed E-state index contributed by atoms with van der Waals surface area (Å²) in [7, 11) is -2.63. The van der Waals surface area contributed by atoms with Crippen molar-refractivity contribution in [2.24, 2.45) is 5.92 Å². The molecule has 0 saturated carbocycles. The lowest BCUT2D eigenvalue weighted by Crippen LogP contribution is -2.41. The summed E-state index contributed by atoms with van der Waals surface area (Å²) in [5.41, 5.74) is -0.245. The highest BCUT2D eigenvalue weighted by atomic mass is 32.2. The average Bonchev–Trinajstić information content (AvgIpc) is 2.43. The van der Waals surface area contributed by atoms with Crippen molar-refractivity contribution in [1.29, 1.82) is 0 Å². The number of rotatable bonds is 7. The second-order valence-corrected chi connectivity index (χ2v) is 6.54. The molecule has 0 heterocycles. The number of nitrogens with one attached hydrogen (secondary N) is 1. The minimum Gasteiger partial charge on any atom is -0.496 e. The molecule has 0 aliphatic carbocycles. The minimum absolute atomic E-state index is 0.0732. The summed E-state index contributed by atoms with van der Waals surface area (Å²) in [6.07, 6.45) is 0. The van der Waals surface area contributed by atoms with E-state index in [0.29, 0.717) is 0 Å². The Bertz CT molecular complexity index is 611. The van der Waals surface area contributed by atoms with Gasteiger partial charge in [-0.25, -0.2) is 17.9 Å². The molecular formula is C13H19NO6S. The number of aliphatic hydroxyl groups excluding tert-OH is 1. The van der Waals surface area contributed by atoms with E-state index in [9.17, 15) is 18.3 Å². The molecule has 0 aliphatic rings. The summed E-state index contributed by atoms with van der Waals surface area (Å²) in [4.78, 5) is 10.9. The van der Waals surface area contributed by atoms with Gasteiger partial charge in [0.15, 0.2) is 0 Å². The maximum Gasteiger partial charge on any atom is 0.339 e. The van der Waals surface area contributed by atoms with Crippen molar-refractivity contribution in [3.63, 3.8) is 0 Å². The number of hydrogen-bond donors (Lipinski definition) is 3. The monoisotopic (exact) mass is 317 g/mol. The van der Waals surface area contributed by atoms with Crippen molar-refractivity contribution in [2.45, 2.75) is 24.8 Å². The quantitative estimate of drug-likeness (QED) is 0.682. The average molecular weight is 317 g/mol. The van der Waals surface area contributed by atoms with Gasteiger partial charge in [0.2, 0.25) is 10.0 Å². The fraction of sp³-hybridized carbons (Fsp3) is 0.462. The Labute approximate surface area is 123 Å². The fourth-order valence-electron chi connectivity index (χ4n) is 1.67. The third kappa shape index (κ3) is 4.16. The molecule has 1 unspecified atom stereocenters. The number of hydrogen-bond acceptors (Lipinski definition) is 5. The Morgan fingerprint density at radius 3 is 2.43 bits per heavy atom. The van der Waals surface area contributed by atoms with E-state index in [1.54, 1.807) is 13.8 Å². The van der Waals surface area contributed by atoms with E-state index in [1.165, 1.54) is 19.2 Å². The van der Waals surface area contributed by atoms with Gasteiger partial charge in [0.05, 0.1) is 18.6 Å². The summed E-state index contributed by atoms with van der Waals surface area (Å²) >= 11 is 0. The molecule has 118 valence electrons. The minimum atomic E-state index is -3.93. The van der Waals surface area contributed by atoms with Gasteiger partial charge in [-0.15, -0.1) is 0 Å². The third-order valence-electron chi connectivity index (χ3n) is 3.02. The molecule has 0 spiro atoms. The Balaban J connectivity index is 3.20. The zero-order valence-electron chi connectivity index (χ0n) is 12.0. The first-order valence-electron chi connectivity index (χ1n) is 6.27. The molecule has 7 nitrogen and oxygen atoms in total. The van der Waals surface area contributed by atoms with E-state index >= 15 is 0 Å². The van der Waals surface area contributed by atoms with Crippen LogP contribution in [0.4, 0.5) is 0 Å². The van der Waals surface area contributed by atoms with E-state index in [4.69, 9.17) is 9.84 Å². The summed E-state index contributed by atoms with van der Waals surface area (Å²) in [5.74, 6) is -1.32. The van der Waals surface area contributed by atoms with Crippen LogP contribution in [-0.4, -0.2) is 44.4 Å². The number of sulfonamides is 1. The number of carbonyl (C=O) groups is 1. The molecular weight excluding hydrogens is 298 g/mol. The van der Waals surface area contributed by atoms with Crippen LogP contribution >= 0.6 is 0 Å². The summed E-state index contributed by atoms with van der Waals surface area (Å²) in [6.45, 7) is 3.18. The molecule has 0 fully saturated rings. The van der Waals surface area contributed by atoms with Crippen LogP contribution in [0, 0.1) is 5.92 Å². The van der Waals surface area contributed by atoms with E-state index in [1.807, 2.05) is 0 Å². The second-order valence-electron chi connectivity index (χ2n) is 4.82. The first-order valence-corrected chi connectivity index (χ1v) is 7.75. The van der Waals surface area contributed by atoms with Gasteiger partial charge in [0.25, 0.3) is 0 Å². The summed E-state index contributed by atoms with van der Waals surface area (Å²) < 4.78 is 31.7. The zero-order valence-corrected chi connectivity index (χ0v) is 12.8. The van der Waals surface area contributed by atoms with Gasteiger partial charge in [-0.1, -0.05) is 13.8 Å². The van der Waals surface area contributed by atoms with E-state index in [2.05, 4.69) is 4.72 Å². The van der Waals surface area contributed by atoms with Gasteiger partial charge < -0.3 is 14.9 Å². The molecule has 0 amide bonds. The van der Waals surface area contributed by atoms with Crippen molar-refractivity contribution in [3.8, 4) is 5.75 Å². The van der Waals surface area contributed by atoms with Gasteiger partial charge in [-0.3, -0.25) is 0 Å². The SMILES string of the molecule is COc1ccc(S(=O)(=O)NC(CO)C(C)C)cc1C(=O)O. The number of carboxylic acid groups (broad SMARTS) is 1. The number of methoxy groups -OCH3 is 1. The van der Waals surface area contributed by atoms with Crippen molar-refractivity contribution < 1.29 is 28.2 Å². The topological polar surface area (TPSA) is 113 Å². The molecule has 0 saturated heterocycles. The van der Waals surface area contributed by atoms with Crippen LogP contribution in [0.1, 0.15) is 24.2 Å². The van der Waals surface area contributed by atoms with Crippen molar-refractivity contribution in [3.05, 3.63) is 23.8 Å². The Morgan fingerprint density at radius 1 is 1.38 bits per heavy atom. The van der Waals surface area contributed by atoms with Crippen molar-refractivity contribution in [1.82, 2.24) is 4.72 Å². The summed E-state index contributed by atoms with van der Waals surface area (Å²) in [6, 6.07) is 2.91. The van der Waals surface area contributed by atoms with Crippen LogP contribution in [-0.2, 0) is 10.0 Å². The van der Waals surface area contributed by atoms with Gasteiger partial charge in [-0.2, -0.15) is 0 Å². The largest absolute Gasteiger partial charge is 0.496 e. The molecule has 21 heavy (non-hydrogen) atoms. The molecule has 8 heteroatoms. The number of carboxylic acids is 1. The molecule has 1 atom stereocenters. The van der Waals surface area contributed by atoms with Crippen LogP contribution in [0.3, 0.4) is 0 Å². The fourth-order valence-corrected chi connectivity index (χ4v) is 3.07. The molecule has 1 aromatic rings. The highest BCUT2D eigenvalue weighted by molar-refractivity contribution is 7.89. The Hall–Kier alpha value is -1.64. The summed E-state index contributed by atoms with van der Waals surface area (Å²) in [5, 5.41) is 18.3. The van der Waals surface area contributed by atoms with E-state index in [-0.39, 0.29) is 28.7 Å². The van der Waals surface area contributed by atoms with Crippen molar-refractivity contribution in [2.75, 3.05) is 13.7 Å². The molecule has 1 aromatic carbocycles. The maximum absolute atomic E-state index is 12.2. The van der Waals surface area contributed by atoms with Crippen LogP contribution in [0.25, 0.3) is 0 Å². The van der Waals surface area contributed by atoms with Gasteiger partial charge in [0, 0.05) is 6.04 Å². The van der Waals surface area contributed by atoms with Gasteiger partial charge in [-0.05, 0) is 24.1 Å². The molecule has 3 N–H and O–H groups in total. The Morgan fingerprint density at radius 2 is 2.00 bits per heavy atom. The third-order valence-corrected chi connectivity index (χ3v) is 4.51. The number of aliphatic hydroxyl groups is 1. The molecule has 0 aromatic heterocycles. The standard InChI is InChI=1S/C13H19NO6S/c1-8(2)11(7-15)14-21(18,19)9-4-5-12(20-3)10(6-9)13(16)17/h4-6,8,11,14-15H,7H2,1-3H3,(H,16,17). The van der Waals surface area contributed by atoms with Gasteiger partial charge in [0.1, 0.15) is 11.3 Å². The number of benzene rings is 1. The lowest BCUT2D eigenvalue weighted by atomic mass is 10.1. The lowest BCUT2D eigenvalue weighted by molar-refractivity contribution is 0.0693. The predicted molar refractivity (Wildman–Crippen MR) is 76.0 cm³/mol. The second kappa shape index (κ2) is 6.88. The van der Waals surface area contributed by atoms with Crippen LogP contribution in [0.15, 0.2) is 23.1 Å². The molecule has 0 radical (unpaired) electrons. The smallest absolute Gasteiger partial charge is 0.339 e. The zero-order chi connectivity index (χ0) is 16.2. The van der Waals surface area contributed by atoms with E-state index in [0.717, 1.165) is 6.07 Å². The number of aromatic carboxylic acids is 1. The Kier molecular flexibility index (Phi) is 5.70. The van der Waals surface area contributed by atoms with Crippen LogP contribution in [0.5, 0.6) is 5.75 Å². The molecule has 0 aliphatic heterocycles. The highest BCUT2D eigenvalue weighted by Gasteiger charge is 2.24. The maximum atomic E-state index is 12.2. The lowest BCUT2D eigenvalue weighted by Gasteiger charge is -2.20. The van der Waals surface area contributed by atoms with E-state index < -0.39 is 22.0 Å². The first kappa shape index (κ1) is 17.4. The van der Waals surface area contributed by atoms with Gasteiger partial charge >= 0.3 is 5.97 Å². The van der Waals surface area contributed by atoms with Crippen LogP contribution in [0.2, 0.25) is 0 Å². The first-order chi connectivity index (χ1) is 9.72. The van der Waals surface area contributed by atoms with Crippen LogP contribution < -0.4 is 9.46 Å². The predicted octanol–water partition coefficient (Wildman–Crippen LogP) is 0.689. The molecule has 0 bridgehead atoms.